The van der Waals surface area contributed by atoms with E-state index < -0.39 is 16.6 Å². The van der Waals surface area contributed by atoms with Gasteiger partial charge in [-0.1, -0.05) is 17.7 Å². The molecule has 4 rings (SSSR count). The average molecular weight is 525 g/mol. The van der Waals surface area contributed by atoms with E-state index in [-0.39, 0.29) is 40.3 Å². The standard InChI is InChI=1S/C27H22ClFN2O6/c1-15-8-16(2)17(3)26(9-15)37-22-12-19(11-20(13-22)31(33)34)30-27(32)25-7-5-21(36-25)14-35-24-6-4-18(29)10-23(24)28/h4-13H,14H2,1-3H3,(H,30,32). The van der Waals surface area contributed by atoms with Gasteiger partial charge in [0.05, 0.1) is 21.7 Å². The molecule has 0 bridgehead atoms. The van der Waals surface area contributed by atoms with Gasteiger partial charge in [0.1, 0.15) is 35.4 Å². The highest BCUT2D eigenvalue weighted by Gasteiger charge is 2.17. The third-order valence-corrected chi connectivity index (χ3v) is 5.80. The highest BCUT2D eigenvalue weighted by Crippen LogP contribution is 2.33. The maximum absolute atomic E-state index is 13.2. The van der Waals surface area contributed by atoms with Gasteiger partial charge in [0.2, 0.25) is 0 Å². The zero-order valence-corrected chi connectivity index (χ0v) is 20.9. The van der Waals surface area contributed by atoms with E-state index in [1.165, 1.54) is 42.5 Å². The molecule has 0 aliphatic heterocycles. The lowest BCUT2D eigenvalue weighted by atomic mass is 10.1. The summed E-state index contributed by atoms with van der Waals surface area (Å²) in [7, 11) is 0. The summed E-state index contributed by atoms with van der Waals surface area (Å²) in [5, 5.41) is 14.2. The number of rotatable bonds is 8. The Morgan fingerprint density at radius 2 is 1.84 bits per heavy atom. The fourth-order valence-corrected chi connectivity index (χ4v) is 3.79. The number of aryl methyl sites for hydroxylation is 2. The number of furan rings is 1. The largest absolute Gasteiger partial charge is 0.484 e. The first-order valence-electron chi connectivity index (χ1n) is 11.1. The number of anilines is 1. The number of carbonyl (C=O) groups is 1. The summed E-state index contributed by atoms with van der Waals surface area (Å²) < 4.78 is 30.2. The molecule has 0 saturated heterocycles. The van der Waals surface area contributed by atoms with Crippen LogP contribution in [0.5, 0.6) is 17.2 Å². The highest BCUT2D eigenvalue weighted by molar-refractivity contribution is 6.32. The molecule has 0 atom stereocenters. The van der Waals surface area contributed by atoms with E-state index in [2.05, 4.69) is 5.32 Å². The van der Waals surface area contributed by atoms with Gasteiger partial charge in [-0.3, -0.25) is 14.9 Å². The van der Waals surface area contributed by atoms with Crippen LogP contribution in [-0.2, 0) is 6.61 Å². The molecule has 0 aliphatic rings. The van der Waals surface area contributed by atoms with Crippen LogP contribution in [-0.4, -0.2) is 10.8 Å². The van der Waals surface area contributed by atoms with Crippen LogP contribution >= 0.6 is 11.6 Å². The lowest BCUT2D eigenvalue weighted by molar-refractivity contribution is -0.384. The van der Waals surface area contributed by atoms with Gasteiger partial charge in [-0.05, 0) is 73.9 Å². The Bertz CT molecular complexity index is 1500. The SMILES string of the molecule is Cc1cc(C)c(C)c(Oc2cc(NC(=O)c3ccc(COc4ccc(F)cc4Cl)o3)cc([N+](=O)[O-])c2)c1. The van der Waals surface area contributed by atoms with E-state index in [0.29, 0.717) is 11.5 Å². The molecule has 4 aromatic rings. The van der Waals surface area contributed by atoms with Crippen molar-refractivity contribution in [3.05, 3.63) is 110 Å². The van der Waals surface area contributed by atoms with Gasteiger partial charge >= 0.3 is 0 Å². The first kappa shape index (κ1) is 25.7. The topological polar surface area (TPSA) is 104 Å². The van der Waals surface area contributed by atoms with Crippen molar-refractivity contribution in [2.45, 2.75) is 27.4 Å². The van der Waals surface area contributed by atoms with Crippen LogP contribution in [0.4, 0.5) is 15.8 Å². The van der Waals surface area contributed by atoms with E-state index in [1.54, 1.807) is 0 Å². The number of ether oxygens (including phenoxy) is 2. The van der Waals surface area contributed by atoms with Crippen LogP contribution < -0.4 is 14.8 Å². The van der Waals surface area contributed by atoms with Gasteiger partial charge in [0, 0.05) is 12.1 Å². The molecule has 0 unspecified atom stereocenters. The van der Waals surface area contributed by atoms with Crippen LogP contribution in [0.25, 0.3) is 0 Å². The average Bonchev–Trinajstić information content (AvgIpc) is 3.31. The quantitative estimate of drug-likeness (QED) is 0.189. The van der Waals surface area contributed by atoms with Gasteiger partial charge in [0.15, 0.2) is 5.76 Å². The number of halogens is 2. The summed E-state index contributed by atoms with van der Waals surface area (Å²) in [5.41, 5.74) is 2.81. The van der Waals surface area contributed by atoms with E-state index in [9.17, 15) is 19.3 Å². The van der Waals surface area contributed by atoms with Crippen molar-refractivity contribution in [1.29, 1.82) is 0 Å². The molecule has 10 heteroatoms. The maximum Gasteiger partial charge on any atom is 0.291 e. The molecule has 3 aromatic carbocycles. The second-order valence-corrected chi connectivity index (χ2v) is 8.77. The Labute approximate surface area is 216 Å². The molecule has 1 amide bonds. The molecule has 0 fully saturated rings. The van der Waals surface area contributed by atoms with Crippen LogP contribution in [0, 0.1) is 36.7 Å². The lowest BCUT2D eigenvalue weighted by Crippen LogP contribution is -2.11. The molecular weight excluding hydrogens is 503 g/mol. The number of benzene rings is 3. The summed E-state index contributed by atoms with van der Waals surface area (Å²) in [4.78, 5) is 23.7. The van der Waals surface area contributed by atoms with Gasteiger partial charge in [0.25, 0.3) is 11.6 Å². The van der Waals surface area contributed by atoms with Crippen LogP contribution in [0.2, 0.25) is 5.02 Å². The fraction of sp³-hybridized carbons (Fsp3) is 0.148. The van der Waals surface area contributed by atoms with Crippen LogP contribution in [0.3, 0.4) is 0 Å². The van der Waals surface area contributed by atoms with Gasteiger partial charge in [-0.15, -0.1) is 0 Å². The third kappa shape index (κ3) is 6.25. The summed E-state index contributed by atoms with van der Waals surface area (Å²) in [6.07, 6.45) is 0. The van der Waals surface area contributed by atoms with Crippen molar-refractivity contribution in [3.8, 4) is 17.2 Å². The van der Waals surface area contributed by atoms with Gasteiger partial charge in [-0.2, -0.15) is 0 Å². The summed E-state index contributed by atoms with van der Waals surface area (Å²) in [5.74, 6) is 0.179. The van der Waals surface area contributed by atoms with Gasteiger partial charge < -0.3 is 19.2 Å². The molecule has 1 heterocycles. The first-order valence-corrected chi connectivity index (χ1v) is 11.5. The molecule has 0 spiro atoms. The number of amides is 1. The van der Waals surface area contributed by atoms with E-state index in [4.69, 9.17) is 25.5 Å². The Morgan fingerprint density at radius 3 is 2.57 bits per heavy atom. The predicted octanol–water partition coefficient (Wildman–Crippen LogP) is 7.53. The molecule has 0 radical (unpaired) electrons. The molecule has 1 aromatic heterocycles. The van der Waals surface area contributed by atoms with E-state index in [0.717, 1.165) is 22.8 Å². The molecule has 0 aliphatic carbocycles. The third-order valence-electron chi connectivity index (χ3n) is 5.50. The van der Waals surface area contributed by atoms with Crippen LogP contribution in [0.1, 0.15) is 33.0 Å². The number of nitro groups is 1. The Kier molecular flexibility index (Phi) is 7.45. The lowest BCUT2D eigenvalue weighted by Gasteiger charge is -2.13. The van der Waals surface area contributed by atoms with Crippen molar-refractivity contribution in [2.75, 3.05) is 5.32 Å². The second kappa shape index (κ2) is 10.7. The molecule has 37 heavy (non-hydrogen) atoms. The van der Waals surface area contributed by atoms with Crippen molar-refractivity contribution < 1.29 is 28.0 Å². The van der Waals surface area contributed by atoms with E-state index >= 15 is 0 Å². The van der Waals surface area contributed by atoms with Crippen molar-refractivity contribution >= 4 is 28.9 Å². The van der Waals surface area contributed by atoms with Gasteiger partial charge in [-0.25, -0.2) is 4.39 Å². The number of non-ortho nitro benzene ring substituents is 1. The zero-order chi connectivity index (χ0) is 26.7. The van der Waals surface area contributed by atoms with E-state index in [1.807, 2.05) is 32.9 Å². The number of nitro benzene ring substituents is 1. The smallest absolute Gasteiger partial charge is 0.291 e. The maximum atomic E-state index is 13.2. The number of nitrogens with zero attached hydrogens (tertiary/aromatic N) is 1. The normalized spacial score (nSPS) is 10.7. The predicted molar refractivity (Wildman–Crippen MR) is 136 cm³/mol. The summed E-state index contributed by atoms with van der Waals surface area (Å²) in [6.45, 7) is 5.72. The molecule has 0 saturated carbocycles. The minimum absolute atomic E-state index is 0.0390. The van der Waals surface area contributed by atoms with Crippen molar-refractivity contribution in [2.24, 2.45) is 0 Å². The minimum Gasteiger partial charge on any atom is -0.484 e. The number of hydrogen-bond donors (Lipinski definition) is 1. The Morgan fingerprint density at radius 1 is 1.05 bits per heavy atom. The van der Waals surface area contributed by atoms with Crippen molar-refractivity contribution in [3.63, 3.8) is 0 Å². The summed E-state index contributed by atoms with van der Waals surface area (Å²) >= 11 is 5.95. The minimum atomic E-state index is -0.625. The zero-order valence-electron chi connectivity index (χ0n) is 20.1. The monoisotopic (exact) mass is 524 g/mol. The second-order valence-electron chi connectivity index (χ2n) is 8.36. The number of hydrogen-bond acceptors (Lipinski definition) is 6. The first-order chi connectivity index (χ1) is 17.6. The molecule has 1 N–H and O–H groups in total. The number of carbonyl (C=O) groups excluding carboxylic acids is 1. The molecule has 8 nitrogen and oxygen atoms in total. The number of nitrogens with one attached hydrogen (secondary N) is 1. The highest BCUT2D eigenvalue weighted by atomic mass is 35.5. The fourth-order valence-electron chi connectivity index (χ4n) is 3.56. The molecule has 190 valence electrons. The Balaban J connectivity index is 1.50. The Hall–Kier alpha value is -4.37. The summed E-state index contributed by atoms with van der Waals surface area (Å²) in [6, 6.07) is 14.5. The molecular formula is C27H22ClFN2O6. The van der Waals surface area contributed by atoms with Crippen LogP contribution in [0.15, 0.2) is 65.1 Å². The van der Waals surface area contributed by atoms with Crippen molar-refractivity contribution in [1.82, 2.24) is 0 Å².